The maximum atomic E-state index is 13.3. The first kappa shape index (κ1) is 14.9. The minimum Gasteiger partial charge on any atom is -0.492 e. The van der Waals surface area contributed by atoms with Crippen molar-refractivity contribution in [1.29, 1.82) is 0 Å². The molecule has 0 bridgehead atoms. The van der Waals surface area contributed by atoms with Gasteiger partial charge < -0.3 is 10.1 Å². The Bertz CT molecular complexity index is 588. The summed E-state index contributed by atoms with van der Waals surface area (Å²) >= 11 is 3.21. The molecule has 1 atom stereocenters. The van der Waals surface area contributed by atoms with E-state index in [1.165, 1.54) is 6.07 Å². The number of ether oxygens (including phenoxy) is 1. The summed E-state index contributed by atoms with van der Waals surface area (Å²) in [7, 11) is 0. The van der Waals surface area contributed by atoms with Gasteiger partial charge in [-0.25, -0.2) is 4.39 Å². The Morgan fingerprint density at radius 1 is 1.25 bits per heavy atom. The van der Waals surface area contributed by atoms with Gasteiger partial charge in [-0.3, -0.25) is 0 Å². The molecule has 0 fully saturated rings. The van der Waals surface area contributed by atoms with Crippen LogP contribution in [0, 0.1) is 5.82 Å². The normalized spacial score (nSPS) is 12.0. The topological polar surface area (TPSA) is 21.3 Å². The van der Waals surface area contributed by atoms with Crippen LogP contribution in [0.5, 0.6) is 5.75 Å². The van der Waals surface area contributed by atoms with Crippen LogP contribution in [0.2, 0.25) is 0 Å². The maximum Gasteiger partial charge on any atom is 0.142 e. The second-order valence-electron chi connectivity index (χ2n) is 4.47. The van der Waals surface area contributed by atoms with Gasteiger partial charge in [-0.1, -0.05) is 18.2 Å². The van der Waals surface area contributed by atoms with Crippen LogP contribution in [0.4, 0.5) is 10.1 Å². The van der Waals surface area contributed by atoms with E-state index in [0.29, 0.717) is 11.1 Å². The minimum atomic E-state index is -0.254. The molecule has 0 aliphatic carbocycles. The molecule has 0 aromatic heterocycles. The fourth-order valence-electron chi connectivity index (χ4n) is 1.97. The molecule has 0 amide bonds. The van der Waals surface area contributed by atoms with Gasteiger partial charge in [0, 0.05) is 6.04 Å². The van der Waals surface area contributed by atoms with Gasteiger partial charge in [-0.05, 0) is 59.6 Å². The Morgan fingerprint density at radius 3 is 2.70 bits per heavy atom. The smallest absolute Gasteiger partial charge is 0.142 e. The van der Waals surface area contributed by atoms with Crippen molar-refractivity contribution in [2.75, 3.05) is 11.9 Å². The summed E-state index contributed by atoms with van der Waals surface area (Å²) in [5.74, 6) is 0.568. The highest BCUT2D eigenvalue weighted by Gasteiger charge is 2.10. The summed E-state index contributed by atoms with van der Waals surface area (Å²) in [6.07, 6.45) is 0. The van der Waals surface area contributed by atoms with Crippen molar-refractivity contribution in [2.45, 2.75) is 19.9 Å². The molecule has 0 saturated heterocycles. The third-order valence-corrected chi connectivity index (χ3v) is 3.61. The largest absolute Gasteiger partial charge is 0.492 e. The minimum absolute atomic E-state index is 0.0495. The number of benzene rings is 2. The molecule has 0 heterocycles. The zero-order chi connectivity index (χ0) is 14.5. The number of nitrogens with one attached hydrogen (secondary N) is 1. The molecular formula is C16H17BrFNO. The molecule has 1 unspecified atom stereocenters. The number of hydrogen-bond acceptors (Lipinski definition) is 2. The van der Waals surface area contributed by atoms with Crippen molar-refractivity contribution in [2.24, 2.45) is 0 Å². The monoisotopic (exact) mass is 337 g/mol. The highest BCUT2D eigenvalue weighted by Crippen LogP contribution is 2.29. The number of para-hydroxylation sites is 2. The van der Waals surface area contributed by atoms with Gasteiger partial charge in [-0.2, -0.15) is 0 Å². The lowest BCUT2D eigenvalue weighted by molar-refractivity contribution is 0.341. The van der Waals surface area contributed by atoms with Crippen LogP contribution >= 0.6 is 15.9 Å². The van der Waals surface area contributed by atoms with E-state index in [1.807, 2.05) is 38.1 Å². The van der Waals surface area contributed by atoms with Gasteiger partial charge >= 0.3 is 0 Å². The molecule has 0 saturated carbocycles. The molecular weight excluding hydrogens is 321 g/mol. The predicted molar refractivity (Wildman–Crippen MR) is 83.7 cm³/mol. The van der Waals surface area contributed by atoms with E-state index in [2.05, 4.69) is 21.2 Å². The first-order valence-electron chi connectivity index (χ1n) is 6.55. The van der Waals surface area contributed by atoms with E-state index >= 15 is 0 Å². The van der Waals surface area contributed by atoms with Crippen molar-refractivity contribution < 1.29 is 9.13 Å². The van der Waals surface area contributed by atoms with Crippen LogP contribution in [0.3, 0.4) is 0 Å². The summed E-state index contributed by atoms with van der Waals surface area (Å²) in [5.41, 5.74) is 1.94. The van der Waals surface area contributed by atoms with Crippen LogP contribution in [-0.4, -0.2) is 6.61 Å². The molecule has 106 valence electrons. The van der Waals surface area contributed by atoms with E-state index in [1.54, 1.807) is 12.1 Å². The number of hydrogen-bond donors (Lipinski definition) is 1. The first-order chi connectivity index (χ1) is 9.61. The number of anilines is 1. The van der Waals surface area contributed by atoms with Crippen molar-refractivity contribution in [3.05, 3.63) is 58.3 Å². The molecule has 0 aliphatic rings. The van der Waals surface area contributed by atoms with Gasteiger partial charge in [0.25, 0.3) is 0 Å². The summed E-state index contributed by atoms with van der Waals surface area (Å²) < 4.78 is 19.3. The highest BCUT2D eigenvalue weighted by molar-refractivity contribution is 9.10. The number of rotatable bonds is 5. The van der Waals surface area contributed by atoms with Gasteiger partial charge in [0.1, 0.15) is 11.6 Å². The van der Waals surface area contributed by atoms with Crippen LogP contribution in [0.25, 0.3) is 0 Å². The average molecular weight is 338 g/mol. The molecule has 0 radical (unpaired) electrons. The first-order valence-corrected chi connectivity index (χ1v) is 7.34. The van der Waals surface area contributed by atoms with Crippen LogP contribution in [-0.2, 0) is 0 Å². The molecule has 0 aliphatic heterocycles. The number of halogens is 2. The molecule has 2 rings (SSSR count). The Labute approximate surface area is 127 Å². The standard InChI is InChI=1S/C16H17BrFNO/c1-3-20-16-7-5-4-6-15(16)19-11(2)12-8-9-14(18)13(17)10-12/h4-11,19H,3H2,1-2H3. The van der Waals surface area contributed by atoms with Crippen molar-refractivity contribution in [3.8, 4) is 5.75 Å². The van der Waals surface area contributed by atoms with Crippen LogP contribution < -0.4 is 10.1 Å². The van der Waals surface area contributed by atoms with E-state index in [-0.39, 0.29) is 11.9 Å². The van der Waals surface area contributed by atoms with E-state index in [9.17, 15) is 4.39 Å². The van der Waals surface area contributed by atoms with E-state index in [0.717, 1.165) is 17.0 Å². The van der Waals surface area contributed by atoms with Crippen LogP contribution in [0.1, 0.15) is 25.5 Å². The molecule has 0 spiro atoms. The van der Waals surface area contributed by atoms with Gasteiger partial charge in [0.15, 0.2) is 0 Å². The van der Waals surface area contributed by atoms with Crippen molar-refractivity contribution >= 4 is 21.6 Å². The Balaban J connectivity index is 2.18. The lowest BCUT2D eigenvalue weighted by Crippen LogP contribution is -2.08. The zero-order valence-corrected chi connectivity index (χ0v) is 13.1. The van der Waals surface area contributed by atoms with E-state index < -0.39 is 0 Å². The third kappa shape index (κ3) is 3.51. The third-order valence-electron chi connectivity index (χ3n) is 3.00. The molecule has 4 heteroatoms. The summed E-state index contributed by atoms with van der Waals surface area (Å²) in [6.45, 7) is 4.61. The summed E-state index contributed by atoms with van der Waals surface area (Å²) in [5, 5.41) is 3.39. The van der Waals surface area contributed by atoms with Gasteiger partial charge in [0.2, 0.25) is 0 Å². The summed E-state index contributed by atoms with van der Waals surface area (Å²) in [4.78, 5) is 0. The van der Waals surface area contributed by atoms with Gasteiger partial charge in [-0.15, -0.1) is 0 Å². The molecule has 2 aromatic rings. The van der Waals surface area contributed by atoms with Crippen molar-refractivity contribution in [1.82, 2.24) is 0 Å². The molecule has 2 aromatic carbocycles. The lowest BCUT2D eigenvalue weighted by Gasteiger charge is -2.18. The predicted octanol–water partition coefficient (Wildman–Crippen LogP) is 5.16. The summed E-state index contributed by atoms with van der Waals surface area (Å²) in [6, 6.07) is 12.9. The zero-order valence-electron chi connectivity index (χ0n) is 11.5. The molecule has 1 N–H and O–H groups in total. The highest BCUT2D eigenvalue weighted by atomic mass is 79.9. The van der Waals surface area contributed by atoms with Crippen LogP contribution in [0.15, 0.2) is 46.9 Å². The molecule has 2 nitrogen and oxygen atoms in total. The maximum absolute atomic E-state index is 13.3. The fourth-order valence-corrected chi connectivity index (χ4v) is 2.36. The Hall–Kier alpha value is -1.55. The SMILES string of the molecule is CCOc1ccccc1NC(C)c1ccc(F)c(Br)c1. The Kier molecular flexibility index (Phi) is 5.01. The quantitative estimate of drug-likeness (QED) is 0.813. The Morgan fingerprint density at radius 2 is 2.00 bits per heavy atom. The van der Waals surface area contributed by atoms with E-state index in [4.69, 9.17) is 4.74 Å². The van der Waals surface area contributed by atoms with Gasteiger partial charge in [0.05, 0.1) is 16.8 Å². The fraction of sp³-hybridized carbons (Fsp3) is 0.250. The second-order valence-corrected chi connectivity index (χ2v) is 5.32. The molecule has 20 heavy (non-hydrogen) atoms. The average Bonchev–Trinajstić information content (AvgIpc) is 2.44. The van der Waals surface area contributed by atoms with Crippen molar-refractivity contribution in [3.63, 3.8) is 0 Å². The lowest BCUT2D eigenvalue weighted by atomic mass is 10.1. The second kappa shape index (κ2) is 6.75.